The van der Waals surface area contributed by atoms with Gasteiger partial charge in [0.2, 0.25) is 0 Å². The number of ether oxygens (including phenoxy) is 1. The Hall–Kier alpha value is -2.55. The highest BCUT2D eigenvalue weighted by molar-refractivity contribution is 6.05. The van der Waals surface area contributed by atoms with E-state index < -0.39 is 0 Å². The molecule has 1 aliphatic rings. The fraction of sp³-hybridized carbons (Fsp3) is 0.167. The molecule has 106 valence electrons. The van der Waals surface area contributed by atoms with Crippen LogP contribution in [-0.2, 0) is 9.53 Å². The monoisotopic (exact) mass is 280 g/mol. The first-order valence-corrected chi connectivity index (χ1v) is 6.82. The highest BCUT2D eigenvalue weighted by atomic mass is 16.5. The van der Waals surface area contributed by atoms with E-state index in [1.54, 1.807) is 12.2 Å². The standard InChI is InChI=1S/C18H16O3/c1-11-4-7-16(12(2)8-11)17-10-14(18(19)21-17)9-15-6-5-13(3)20-15/h4-10H,1-3H3/b14-9+. The van der Waals surface area contributed by atoms with Gasteiger partial charge in [-0.15, -0.1) is 0 Å². The van der Waals surface area contributed by atoms with Crippen LogP contribution >= 0.6 is 0 Å². The second kappa shape index (κ2) is 5.09. The molecule has 1 aromatic carbocycles. The topological polar surface area (TPSA) is 39.4 Å². The molecule has 2 heterocycles. The molecule has 0 saturated carbocycles. The molecule has 21 heavy (non-hydrogen) atoms. The first kappa shape index (κ1) is 13.4. The number of cyclic esters (lactones) is 1. The number of carbonyl (C=O) groups excluding carboxylic acids is 1. The van der Waals surface area contributed by atoms with E-state index in [1.165, 1.54) is 5.56 Å². The highest BCUT2D eigenvalue weighted by Gasteiger charge is 2.23. The van der Waals surface area contributed by atoms with Gasteiger partial charge in [0.25, 0.3) is 0 Å². The van der Waals surface area contributed by atoms with Gasteiger partial charge in [0.1, 0.15) is 17.3 Å². The summed E-state index contributed by atoms with van der Waals surface area (Å²) >= 11 is 0. The van der Waals surface area contributed by atoms with E-state index >= 15 is 0 Å². The van der Waals surface area contributed by atoms with Crippen molar-refractivity contribution in [1.29, 1.82) is 0 Å². The van der Waals surface area contributed by atoms with Crippen LogP contribution in [0.2, 0.25) is 0 Å². The van der Waals surface area contributed by atoms with E-state index in [-0.39, 0.29) is 5.97 Å². The number of carbonyl (C=O) groups is 1. The number of esters is 1. The fourth-order valence-electron chi connectivity index (χ4n) is 2.40. The lowest BCUT2D eigenvalue weighted by molar-refractivity contribution is -0.130. The summed E-state index contributed by atoms with van der Waals surface area (Å²) in [6.07, 6.45) is 3.46. The maximum absolute atomic E-state index is 12.0. The van der Waals surface area contributed by atoms with Crippen molar-refractivity contribution in [3.05, 3.63) is 70.2 Å². The summed E-state index contributed by atoms with van der Waals surface area (Å²) in [5.41, 5.74) is 3.71. The second-order valence-electron chi connectivity index (χ2n) is 5.26. The lowest BCUT2D eigenvalue weighted by Gasteiger charge is -2.06. The normalized spacial score (nSPS) is 16.2. The van der Waals surface area contributed by atoms with E-state index in [0.717, 1.165) is 16.9 Å². The molecule has 0 radical (unpaired) electrons. The third-order valence-corrected chi connectivity index (χ3v) is 3.43. The summed E-state index contributed by atoms with van der Waals surface area (Å²) in [5.74, 6) is 1.70. The third kappa shape index (κ3) is 2.68. The Morgan fingerprint density at radius 1 is 1.05 bits per heavy atom. The number of furan rings is 1. The lowest BCUT2D eigenvalue weighted by atomic mass is 10.0. The predicted molar refractivity (Wildman–Crippen MR) is 81.4 cm³/mol. The Bertz CT molecular complexity index is 776. The highest BCUT2D eigenvalue weighted by Crippen LogP contribution is 2.29. The van der Waals surface area contributed by atoms with Crippen molar-refractivity contribution in [1.82, 2.24) is 0 Å². The van der Waals surface area contributed by atoms with Crippen molar-refractivity contribution in [3.63, 3.8) is 0 Å². The predicted octanol–water partition coefficient (Wildman–Crippen LogP) is 4.19. The molecule has 0 atom stereocenters. The molecule has 0 aliphatic carbocycles. The largest absolute Gasteiger partial charge is 0.462 e. The Kier molecular flexibility index (Phi) is 3.26. The van der Waals surface area contributed by atoms with Crippen LogP contribution in [0.25, 0.3) is 11.8 Å². The zero-order valence-corrected chi connectivity index (χ0v) is 12.3. The number of benzene rings is 1. The quantitative estimate of drug-likeness (QED) is 0.611. The van der Waals surface area contributed by atoms with Gasteiger partial charge < -0.3 is 9.15 Å². The van der Waals surface area contributed by atoms with E-state index in [0.29, 0.717) is 17.1 Å². The molecule has 0 unspecified atom stereocenters. The van der Waals surface area contributed by atoms with Crippen molar-refractivity contribution in [2.24, 2.45) is 0 Å². The summed E-state index contributed by atoms with van der Waals surface area (Å²) < 4.78 is 10.8. The van der Waals surface area contributed by atoms with Gasteiger partial charge in [0.05, 0.1) is 5.57 Å². The zero-order valence-electron chi connectivity index (χ0n) is 12.3. The van der Waals surface area contributed by atoms with Gasteiger partial charge in [-0.05, 0) is 50.6 Å². The molecule has 1 aromatic heterocycles. The molecule has 3 heteroatoms. The van der Waals surface area contributed by atoms with Crippen molar-refractivity contribution >= 4 is 17.8 Å². The minimum absolute atomic E-state index is 0.348. The molecule has 0 N–H and O–H groups in total. The molecule has 3 nitrogen and oxygen atoms in total. The Morgan fingerprint density at radius 3 is 2.52 bits per heavy atom. The molecule has 1 aliphatic heterocycles. The van der Waals surface area contributed by atoms with Crippen molar-refractivity contribution in [3.8, 4) is 0 Å². The average molecular weight is 280 g/mol. The molecule has 0 spiro atoms. The fourth-order valence-corrected chi connectivity index (χ4v) is 2.40. The van der Waals surface area contributed by atoms with Crippen LogP contribution in [0.5, 0.6) is 0 Å². The second-order valence-corrected chi connectivity index (χ2v) is 5.26. The Morgan fingerprint density at radius 2 is 1.86 bits per heavy atom. The average Bonchev–Trinajstić information content (AvgIpc) is 2.97. The molecule has 0 bridgehead atoms. The van der Waals surface area contributed by atoms with Gasteiger partial charge in [0, 0.05) is 5.56 Å². The summed E-state index contributed by atoms with van der Waals surface area (Å²) in [7, 11) is 0. The van der Waals surface area contributed by atoms with Gasteiger partial charge in [-0.3, -0.25) is 0 Å². The van der Waals surface area contributed by atoms with Crippen molar-refractivity contribution in [2.45, 2.75) is 20.8 Å². The van der Waals surface area contributed by atoms with E-state index in [9.17, 15) is 4.79 Å². The molecule has 0 fully saturated rings. The van der Waals surface area contributed by atoms with E-state index in [2.05, 4.69) is 6.07 Å². The van der Waals surface area contributed by atoms with Crippen LogP contribution in [-0.4, -0.2) is 5.97 Å². The number of rotatable bonds is 2. The van der Waals surface area contributed by atoms with E-state index in [1.807, 2.05) is 45.0 Å². The molecule has 0 saturated heterocycles. The SMILES string of the molecule is Cc1ccc(C2=C/C(=C\c3ccc(C)o3)C(=O)O2)c(C)c1. The Balaban J connectivity index is 1.97. The van der Waals surface area contributed by atoms with Gasteiger partial charge in [-0.2, -0.15) is 0 Å². The summed E-state index contributed by atoms with van der Waals surface area (Å²) in [6.45, 7) is 5.91. The van der Waals surface area contributed by atoms with Crippen molar-refractivity contribution in [2.75, 3.05) is 0 Å². The molecular weight excluding hydrogens is 264 g/mol. The van der Waals surface area contributed by atoms with Crippen LogP contribution in [0.1, 0.15) is 28.2 Å². The van der Waals surface area contributed by atoms with E-state index in [4.69, 9.17) is 9.15 Å². The molecular formula is C18H16O3. The smallest absolute Gasteiger partial charge is 0.343 e. The number of aryl methyl sites for hydroxylation is 3. The van der Waals surface area contributed by atoms with Crippen LogP contribution in [0, 0.1) is 20.8 Å². The van der Waals surface area contributed by atoms with Gasteiger partial charge in [-0.1, -0.05) is 23.8 Å². The zero-order chi connectivity index (χ0) is 15.0. The minimum atomic E-state index is -0.348. The van der Waals surface area contributed by atoms with Gasteiger partial charge in [-0.25, -0.2) is 4.79 Å². The maximum atomic E-state index is 12.0. The van der Waals surface area contributed by atoms with Crippen LogP contribution in [0.4, 0.5) is 0 Å². The minimum Gasteiger partial charge on any atom is -0.462 e. The van der Waals surface area contributed by atoms with Gasteiger partial charge in [0.15, 0.2) is 0 Å². The number of hydrogen-bond acceptors (Lipinski definition) is 3. The molecule has 2 aromatic rings. The number of hydrogen-bond donors (Lipinski definition) is 0. The molecule has 3 rings (SSSR count). The first-order chi connectivity index (χ1) is 10.0. The summed E-state index contributed by atoms with van der Waals surface area (Å²) in [5, 5.41) is 0. The molecule has 0 amide bonds. The van der Waals surface area contributed by atoms with Crippen molar-refractivity contribution < 1.29 is 13.9 Å². The first-order valence-electron chi connectivity index (χ1n) is 6.82. The summed E-state index contributed by atoms with van der Waals surface area (Å²) in [6, 6.07) is 9.75. The van der Waals surface area contributed by atoms with Crippen LogP contribution in [0.3, 0.4) is 0 Å². The lowest BCUT2D eigenvalue weighted by Crippen LogP contribution is -1.98. The van der Waals surface area contributed by atoms with Crippen LogP contribution < -0.4 is 0 Å². The van der Waals surface area contributed by atoms with Gasteiger partial charge >= 0.3 is 5.97 Å². The van der Waals surface area contributed by atoms with Crippen LogP contribution in [0.15, 0.2) is 46.4 Å². The summed E-state index contributed by atoms with van der Waals surface area (Å²) in [4.78, 5) is 12.0. The maximum Gasteiger partial charge on any atom is 0.343 e. The third-order valence-electron chi connectivity index (χ3n) is 3.43. The Labute approximate surface area is 123 Å².